The standard InChI is InChI=1S/C14H17N5O3/c1-10(15)6-8-16-14(20)13-7-9-18(17-13)11-2-4-12(5-3-11)19(21)22/h2-5,7,9-10H,6,8,15H2,1H3,(H,16,20). The lowest BCUT2D eigenvalue weighted by molar-refractivity contribution is -0.384. The van der Waals surface area contributed by atoms with Crippen molar-refractivity contribution in [3.63, 3.8) is 0 Å². The molecule has 1 unspecified atom stereocenters. The molecule has 8 heteroatoms. The second-order valence-electron chi connectivity index (χ2n) is 4.94. The lowest BCUT2D eigenvalue weighted by atomic mass is 10.2. The van der Waals surface area contributed by atoms with Crippen molar-refractivity contribution in [2.45, 2.75) is 19.4 Å². The van der Waals surface area contributed by atoms with E-state index in [4.69, 9.17) is 5.73 Å². The minimum atomic E-state index is -0.468. The zero-order chi connectivity index (χ0) is 16.1. The molecule has 1 aromatic heterocycles. The number of nitrogens with two attached hydrogens (primary N) is 1. The molecule has 22 heavy (non-hydrogen) atoms. The zero-order valence-corrected chi connectivity index (χ0v) is 12.1. The average Bonchev–Trinajstić information content (AvgIpc) is 2.96. The highest BCUT2D eigenvalue weighted by Crippen LogP contribution is 2.14. The number of nitrogens with one attached hydrogen (secondary N) is 1. The van der Waals surface area contributed by atoms with E-state index in [1.165, 1.54) is 16.8 Å². The summed E-state index contributed by atoms with van der Waals surface area (Å²) in [6, 6.07) is 7.53. The molecule has 2 aromatic rings. The fraction of sp³-hybridized carbons (Fsp3) is 0.286. The second-order valence-corrected chi connectivity index (χ2v) is 4.94. The van der Waals surface area contributed by atoms with Gasteiger partial charge in [0.1, 0.15) is 0 Å². The van der Waals surface area contributed by atoms with Gasteiger partial charge in [-0.05, 0) is 31.5 Å². The molecule has 0 aliphatic heterocycles. The molecule has 1 atom stereocenters. The summed E-state index contributed by atoms with van der Waals surface area (Å²) in [7, 11) is 0. The maximum absolute atomic E-state index is 11.9. The number of carbonyl (C=O) groups is 1. The number of nitrogens with zero attached hydrogens (tertiary/aromatic N) is 3. The van der Waals surface area contributed by atoms with Crippen LogP contribution in [0.3, 0.4) is 0 Å². The Bertz CT molecular complexity index is 663. The monoisotopic (exact) mass is 303 g/mol. The quantitative estimate of drug-likeness (QED) is 0.615. The summed E-state index contributed by atoms with van der Waals surface area (Å²) < 4.78 is 1.49. The number of non-ortho nitro benzene ring substituents is 1. The molecule has 0 aliphatic rings. The van der Waals surface area contributed by atoms with Crippen LogP contribution in [0, 0.1) is 10.1 Å². The van der Waals surface area contributed by atoms with E-state index in [2.05, 4.69) is 10.4 Å². The van der Waals surface area contributed by atoms with Crippen molar-refractivity contribution in [1.82, 2.24) is 15.1 Å². The van der Waals surface area contributed by atoms with Crippen molar-refractivity contribution in [3.05, 3.63) is 52.3 Å². The fourth-order valence-corrected chi connectivity index (χ4v) is 1.82. The van der Waals surface area contributed by atoms with Gasteiger partial charge < -0.3 is 11.1 Å². The Kier molecular flexibility index (Phi) is 4.84. The second kappa shape index (κ2) is 6.81. The minimum Gasteiger partial charge on any atom is -0.351 e. The molecule has 1 aromatic carbocycles. The smallest absolute Gasteiger partial charge is 0.271 e. The van der Waals surface area contributed by atoms with Crippen LogP contribution in [0.2, 0.25) is 0 Å². The number of hydrogen-bond donors (Lipinski definition) is 2. The van der Waals surface area contributed by atoms with Crippen LogP contribution >= 0.6 is 0 Å². The number of aromatic nitrogens is 2. The third-order valence-corrected chi connectivity index (χ3v) is 3.03. The molecule has 0 saturated heterocycles. The molecule has 3 N–H and O–H groups in total. The van der Waals surface area contributed by atoms with E-state index in [0.29, 0.717) is 18.7 Å². The Morgan fingerprint density at radius 1 is 1.41 bits per heavy atom. The van der Waals surface area contributed by atoms with E-state index in [-0.39, 0.29) is 23.3 Å². The Morgan fingerprint density at radius 2 is 2.09 bits per heavy atom. The molecule has 0 saturated carbocycles. The van der Waals surface area contributed by atoms with Crippen LogP contribution in [0.15, 0.2) is 36.5 Å². The highest BCUT2D eigenvalue weighted by atomic mass is 16.6. The predicted molar refractivity (Wildman–Crippen MR) is 80.8 cm³/mol. The predicted octanol–water partition coefficient (Wildman–Crippen LogP) is 1.25. The van der Waals surface area contributed by atoms with Gasteiger partial charge in [-0.15, -0.1) is 0 Å². The van der Waals surface area contributed by atoms with Gasteiger partial charge >= 0.3 is 0 Å². The average molecular weight is 303 g/mol. The normalized spacial score (nSPS) is 11.9. The minimum absolute atomic E-state index is 0.00442. The molecule has 2 rings (SSSR count). The van der Waals surface area contributed by atoms with Crippen molar-refractivity contribution in [1.29, 1.82) is 0 Å². The Labute approximate surface area is 127 Å². The molecule has 0 bridgehead atoms. The maximum atomic E-state index is 11.9. The van der Waals surface area contributed by atoms with Crippen LogP contribution in [0.25, 0.3) is 5.69 Å². The first-order chi connectivity index (χ1) is 10.5. The molecular formula is C14H17N5O3. The fourth-order valence-electron chi connectivity index (χ4n) is 1.82. The van der Waals surface area contributed by atoms with Crippen molar-refractivity contribution in [3.8, 4) is 5.69 Å². The van der Waals surface area contributed by atoms with E-state index in [1.54, 1.807) is 24.4 Å². The summed E-state index contributed by atoms with van der Waals surface area (Å²) in [6.45, 7) is 2.36. The zero-order valence-electron chi connectivity index (χ0n) is 12.1. The van der Waals surface area contributed by atoms with E-state index in [1.807, 2.05) is 6.92 Å². The molecule has 1 amide bonds. The SMILES string of the molecule is CC(N)CCNC(=O)c1ccn(-c2ccc([N+](=O)[O-])cc2)n1. The first-order valence-electron chi connectivity index (χ1n) is 6.81. The molecule has 0 radical (unpaired) electrons. The van der Waals surface area contributed by atoms with E-state index < -0.39 is 4.92 Å². The van der Waals surface area contributed by atoms with Crippen LogP contribution in [-0.4, -0.2) is 33.2 Å². The molecule has 116 valence electrons. The van der Waals surface area contributed by atoms with Crippen molar-refractivity contribution < 1.29 is 9.72 Å². The van der Waals surface area contributed by atoms with E-state index >= 15 is 0 Å². The number of hydrogen-bond acceptors (Lipinski definition) is 5. The summed E-state index contributed by atoms with van der Waals surface area (Å²) in [5.74, 6) is -0.277. The number of nitro benzene ring substituents is 1. The molecule has 0 aliphatic carbocycles. The number of carbonyl (C=O) groups excluding carboxylic acids is 1. The first-order valence-corrected chi connectivity index (χ1v) is 6.81. The molecule has 1 heterocycles. The molecule has 0 fully saturated rings. The van der Waals surface area contributed by atoms with Crippen LogP contribution < -0.4 is 11.1 Å². The van der Waals surface area contributed by atoms with Gasteiger partial charge in [-0.2, -0.15) is 5.10 Å². The van der Waals surface area contributed by atoms with Crippen LogP contribution in [0.5, 0.6) is 0 Å². The van der Waals surface area contributed by atoms with Crippen molar-refractivity contribution in [2.75, 3.05) is 6.54 Å². The summed E-state index contributed by atoms with van der Waals surface area (Å²) in [6.07, 6.45) is 2.32. The Balaban J connectivity index is 2.04. The van der Waals surface area contributed by atoms with Gasteiger partial charge in [0.15, 0.2) is 5.69 Å². The lowest BCUT2D eigenvalue weighted by Gasteiger charge is -2.05. The number of rotatable bonds is 6. The van der Waals surface area contributed by atoms with Gasteiger partial charge in [0.05, 0.1) is 10.6 Å². The first kappa shape index (κ1) is 15.6. The Morgan fingerprint density at radius 3 is 2.68 bits per heavy atom. The van der Waals surface area contributed by atoms with Crippen LogP contribution in [-0.2, 0) is 0 Å². The van der Waals surface area contributed by atoms with Gasteiger partial charge in [0.25, 0.3) is 11.6 Å². The third kappa shape index (κ3) is 3.89. The largest absolute Gasteiger partial charge is 0.351 e. The van der Waals surface area contributed by atoms with Gasteiger partial charge in [-0.3, -0.25) is 14.9 Å². The summed E-state index contributed by atoms with van der Waals surface area (Å²) >= 11 is 0. The van der Waals surface area contributed by atoms with E-state index in [9.17, 15) is 14.9 Å². The van der Waals surface area contributed by atoms with Crippen LogP contribution in [0.4, 0.5) is 5.69 Å². The van der Waals surface area contributed by atoms with Crippen molar-refractivity contribution >= 4 is 11.6 Å². The van der Waals surface area contributed by atoms with Gasteiger partial charge in [-0.1, -0.05) is 0 Å². The van der Waals surface area contributed by atoms with Crippen molar-refractivity contribution in [2.24, 2.45) is 5.73 Å². The molecule has 0 spiro atoms. The number of nitro groups is 1. The van der Waals surface area contributed by atoms with Crippen LogP contribution in [0.1, 0.15) is 23.8 Å². The summed E-state index contributed by atoms with van der Waals surface area (Å²) in [5.41, 5.74) is 6.54. The number of amides is 1. The molecule has 8 nitrogen and oxygen atoms in total. The summed E-state index contributed by atoms with van der Waals surface area (Å²) in [4.78, 5) is 22.0. The maximum Gasteiger partial charge on any atom is 0.271 e. The highest BCUT2D eigenvalue weighted by Gasteiger charge is 2.11. The third-order valence-electron chi connectivity index (χ3n) is 3.03. The highest BCUT2D eigenvalue weighted by molar-refractivity contribution is 5.92. The van der Waals surface area contributed by atoms with Gasteiger partial charge in [0.2, 0.25) is 0 Å². The van der Waals surface area contributed by atoms with E-state index in [0.717, 1.165) is 0 Å². The van der Waals surface area contributed by atoms with Gasteiger partial charge in [-0.25, -0.2) is 4.68 Å². The lowest BCUT2D eigenvalue weighted by Crippen LogP contribution is -2.29. The topological polar surface area (TPSA) is 116 Å². The molecular weight excluding hydrogens is 286 g/mol. The Hall–Kier alpha value is -2.74. The summed E-state index contributed by atoms with van der Waals surface area (Å²) in [5, 5.41) is 17.5. The van der Waals surface area contributed by atoms with Gasteiger partial charge in [0, 0.05) is 30.9 Å². The number of benzene rings is 1.